The minimum Gasteiger partial charge on any atom is -0.398 e. The Morgan fingerprint density at radius 3 is 2.40 bits per heavy atom. The zero-order valence-corrected chi connectivity index (χ0v) is 11.4. The van der Waals surface area contributed by atoms with Gasteiger partial charge in [-0.05, 0) is 48.9 Å². The van der Waals surface area contributed by atoms with Gasteiger partial charge in [-0.15, -0.1) is 0 Å². The maximum absolute atomic E-state index is 12.4. The highest BCUT2D eigenvalue weighted by Gasteiger charge is 2.14. The number of nitriles is 1. The highest BCUT2D eigenvalue weighted by Crippen LogP contribution is 2.19. The van der Waals surface area contributed by atoms with Crippen LogP contribution in [0.25, 0.3) is 0 Å². The summed E-state index contributed by atoms with van der Waals surface area (Å²) >= 11 is 0. The van der Waals surface area contributed by atoms with Gasteiger partial charge < -0.3 is 10.6 Å². The number of amides is 1. The fraction of sp³-hybridized carbons (Fsp3) is 0.125. The number of nitrogen functional groups attached to an aromatic ring is 1. The number of hydrogen-bond donors (Lipinski definition) is 1. The number of carbonyl (C=O) groups excluding carboxylic acids is 1. The average Bonchev–Trinajstić information content (AvgIpc) is 2.48. The molecule has 2 rings (SSSR count). The van der Waals surface area contributed by atoms with Gasteiger partial charge in [0.05, 0.1) is 11.6 Å². The Labute approximate surface area is 118 Å². The minimum atomic E-state index is -0.138. The standard InChI is InChI=1S/C16H15N3O/c1-11-3-6-13(9-15(11)18)16(20)19(2)14-7-4-12(10-17)5-8-14/h3-9H,18H2,1-2H3. The molecule has 0 atom stereocenters. The van der Waals surface area contributed by atoms with Crippen LogP contribution in [-0.2, 0) is 0 Å². The Morgan fingerprint density at radius 1 is 1.20 bits per heavy atom. The Morgan fingerprint density at radius 2 is 1.85 bits per heavy atom. The molecule has 0 spiro atoms. The van der Waals surface area contributed by atoms with Crippen LogP contribution in [0.1, 0.15) is 21.5 Å². The molecule has 0 heterocycles. The van der Waals surface area contributed by atoms with E-state index >= 15 is 0 Å². The van der Waals surface area contributed by atoms with Crippen LogP contribution < -0.4 is 10.6 Å². The molecule has 0 aromatic heterocycles. The van der Waals surface area contributed by atoms with Crippen LogP contribution in [0.5, 0.6) is 0 Å². The summed E-state index contributed by atoms with van der Waals surface area (Å²) in [7, 11) is 1.69. The number of benzene rings is 2. The van der Waals surface area contributed by atoms with E-state index < -0.39 is 0 Å². The highest BCUT2D eigenvalue weighted by molar-refractivity contribution is 6.06. The summed E-state index contributed by atoms with van der Waals surface area (Å²) in [5.41, 5.74) is 9.21. The molecule has 0 radical (unpaired) electrons. The van der Waals surface area contributed by atoms with Crippen molar-refractivity contribution in [1.82, 2.24) is 0 Å². The molecular weight excluding hydrogens is 250 g/mol. The summed E-state index contributed by atoms with van der Waals surface area (Å²) in [6.45, 7) is 1.90. The fourth-order valence-electron chi connectivity index (χ4n) is 1.84. The van der Waals surface area contributed by atoms with Gasteiger partial charge in [-0.2, -0.15) is 5.26 Å². The molecule has 2 aromatic rings. The zero-order chi connectivity index (χ0) is 14.7. The zero-order valence-electron chi connectivity index (χ0n) is 11.4. The first-order valence-corrected chi connectivity index (χ1v) is 6.17. The predicted octanol–water partition coefficient (Wildman–Crippen LogP) is 2.73. The molecule has 2 aromatic carbocycles. The maximum Gasteiger partial charge on any atom is 0.258 e. The van der Waals surface area contributed by atoms with Gasteiger partial charge in [0.15, 0.2) is 0 Å². The lowest BCUT2D eigenvalue weighted by Crippen LogP contribution is -2.26. The Bertz CT molecular complexity index is 684. The van der Waals surface area contributed by atoms with Crippen molar-refractivity contribution >= 4 is 17.3 Å². The van der Waals surface area contributed by atoms with Crippen molar-refractivity contribution in [2.75, 3.05) is 17.7 Å². The summed E-state index contributed by atoms with van der Waals surface area (Å²) < 4.78 is 0. The summed E-state index contributed by atoms with van der Waals surface area (Å²) in [4.78, 5) is 13.9. The molecule has 2 N–H and O–H groups in total. The first-order valence-electron chi connectivity index (χ1n) is 6.17. The fourth-order valence-corrected chi connectivity index (χ4v) is 1.84. The van der Waals surface area contributed by atoms with Gasteiger partial charge in [0.25, 0.3) is 5.91 Å². The third-order valence-corrected chi connectivity index (χ3v) is 3.21. The number of carbonyl (C=O) groups is 1. The second-order valence-electron chi connectivity index (χ2n) is 4.59. The molecule has 100 valence electrons. The van der Waals surface area contributed by atoms with Crippen molar-refractivity contribution in [3.05, 3.63) is 59.2 Å². The third kappa shape index (κ3) is 2.62. The Kier molecular flexibility index (Phi) is 3.72. The van der Waals surface area contributed by atoms with Gasteiger partial charge in [0.2, 0.25) is 0 Å². The van der Waals surface area contributed by atoms with Crippen molar-refractivity contribution in [2.45, 2.75) is 6.92 Å². The van der Waals surface area contributed by atoms with E-state index in [1.165, 1.54) is 4.90 Å². The average molecular weight is 265 g/mol. The van der Waals surface area contributed by atoms with E-state index in [-0.39, 0.29) is 5.91 Å². The number of rotatable bonds is 2. The molecule has 0 aliphatic carbocycles. The van der Waals surface area contributed by atoms with Crippen molar-refractivity contribution in [3.63, 3.8) is 0 Å². The predicted molar refractivity (Wildman–Crippen MR) is 79.5 cm³/mol. The van der Waals surface area contributed by atoms with Crippen LogP contribution in [0.3, 0.4) is 0 Å². The topological polar surface area (TPSA) is 70.1 Å². The van der Waals surface area contributed by atoms with Crippen LogP contribution in [0.15, 0.2) is 42.5 Å². The monoisotopic (exact) mass is 265 g/mol. The highest BCUT2D eigenvalue weighted by atomic mass is 16.2. The Balaban J connectivity index is 2.27. The SMILES string of the molecule is Cc1ccc(C(=O)N(C)c2ccc(C#N)cc2)cc1N. The first kappa shape index (κ1) is 13.6. The Hall–Kier alpha value is -2.80. The maximum atomic E-state index is 12.4. The second-order valence-corrected chi connectivity index (χ2v) is 4.59. The molecule has 0 unspecified atom stereocenters. The lowest BCUT2D eigenvalue weighted by Gasteiger charge is -2.18. The quantitative estimate of drug-likeness (QED) is 0.849. The van der Waals surface area contributed by atoms with Gasteiger partial charge in [0.1, 0.15) is 0 Å². The smallest absolute Gasteiger partial charge is 0.258 e. The van der Waals surface area contributed by atoms with Gasteiger partial charge in [-0.1, -0.05) is 6.07 Å². The van der Waals surface area contributed by atoms with Crippen molar-refractivity contribution < 1.29 is 4.79 Å². The van der Waals surface area contributed by atoms with E-state index in [1.807, 2.05) is 19.1 Å². The molecule has 0 saturated heterocycles. The normalized spacial score (nSPS) is 9.85. The molecule has 20 heavy (non-hydrogen) atoms. The van der Waals surface area contributed by atoms with Gasteiger partial charge >= 0.3 is 0 Å². The summed E-state index contributed by atoms with van der Waals surface area (Å²) in [6, 6.07) is 14.2. The van der Waals surface area contributed by atoms with Crippen LogP contribution in [0.2, 0.25) is 0 Å². The molecule has 0 saturated carbocycles. The van der Waals surface area contributed by atoms with E-state index in [4.69, 9.17) is 11.0 Å². The first-order chi connectivity index (χ1) is 9.52. The number of hydrogen-bond acceptors (Lipinski definition) is 3. The number of aryl methyl sites for hydroxylation is 1. The van der Waals surface area contributed by atoms with E-state index in [9.17, 15) is 4.79 Å². The lowest BCUT2D eigenvalue weighted by atomic mass is 10.1. The van der Waals surface area contributed by atoms with Crippen LogP contribution >= 0.6 is 0 Å². The molecule has 4 heteroatoms. The lowest BCUT2D eigenvalue weighted by molar-refractivity contribution is 0.0993. The van der Waals surface area contributed by atoms with E-state index in [2.05, 4.69) is 0 Å². The molecule has 4 nitrogen and oxygen atoms in total. The summed E-state index contributed by atoms with van der Waals surface area (Å²) in [5.74, 6) is -0.138. The van der Waals surface area contributed by atoms with Gasteiger partial charge in [0, 0.05) is 24.0 Å². The molecule has 0 aliphatic rings. The van der Waals surface area contributed by atoms with Crippen molar-refractivity contribution in [1.29, 1.82) is 5.26 Å². The molecule has 0 fully saturated rings. The minimum absolute atomic E-state index is 0.138. The van der Waals surface area contributed by atoms with E-state index in [0.717, 1.165) is 11.3 Å². The van der Waals surface area contributed by atoms with Gasteiger partial charge in [-0.3, -0.25) is 4.79 Å². The second kappa shape index (κ2) is 5.45. The van der Waals surface area contributed by atoms with Crippen LogP contribution in [0.4, 0.5) is 11.4 Å². The third-order valence-electron chi connectivity index (χ3n) is 3.21. The van der Waals surface area contributed by atoms with E-state index in [0.29, 0.717) is 16.8 Å². The molecule has 1 amide bonds. The van der Waals surface area contributed by atoms with Crippen LogP contribution in [-0.4, -0.2) is 13.0 Å². The van der Waals surface area contributed by atoms with E-state index in [1.54, 1.807) is 43.4 Å². The van der Waals surface area contributed by atoms with Crippen molar-refractivity contribution in [3.8, 4) is 6.07 Å². The summed E-state index contributed by atoms with van der Waals surface area (Å²) in [6.07, 6.45) is 0. The summed E-state index contributed by atoms with van der Waals surface area (Å²) in [5, 5.41) is 8.77. The number of nitrogens with zero attached hydrogens (tertiary/aromatic N) is 2. The largest absolute Gasteiger partial charge is 0.398 e. The molecular formula is C16H15N3O. The number of nitrogens with two attached hydrogens (primary N) is 1. The van der Waals surface area contributed by atoms with Gasteiger partial charge in [-0.25, -0.2) is 0 Å². The molecule has 0 bridgehead atoms. The molecule has 0 aliphatic heterocycles. The number of anilines is 2. The van der Waals surface area contributed by atoms with Crippen molar-refractivity contribution in [2.24, 2.45) is 0 Å². The van der Waals surface area contributed by atoms with Crippen LogP contribution in [0, 0.1) is 18.3 Å².